The number of anilines is 1. The van der Waals surface area contributed by atoms with E-state index in [1.165, 1.54) is 6.08 Å². The summed E-state index contributed by atoms with van der Waals surface area (Å²) in [5, 5.41) is 2.71. The second kappa shape index (κ2) is 8.29. The van der Waals surface area contributed by atoms with Crippen LogP contribution in [0.25, 0.3) is 6.08 Å². The summed E-state index contributed by atoms with van der Waals surface area (Å²) in [7, 11) is 0. The molecule has 0 bridgehead atoms. The van der Waals surface area contributed by atoms with Gasteiger partial charge in [0.15, 0.2) is 6.61 Å². The molecular formula is C18H16BrNO3. The Morgan fingerprint density at radius 3 is 2.61 bits per heavy atom. The number of aryl methyl sites for hydroxylation is 1. The van der Waals surface area contributed by atoms with Crippen molar-refractivity contribution in [3.8, 4) is 0 Å². The van der Waals surface area contributed by atoms with Crippen LogP contribution in [0.1, 0.15) is 11.1 Å². The van der Waals surface area contributed by atoms with E-state index in [4.69, 9.17) is 4.74 Å². The van der Waals surface area contributed by atoms with Gasteiger partial charge >= 0.3 is 5.97 Å². The monoisotopic (exact) mass is 373 g/mol. The molecule has 23 heavy (non-hydrogen) atoms. The molecule has 0 saturated carbocycles. The Morgan fingerprint density at radius 1 is 1.17 bits per heavy atom. The molecule has 0 radical (unpaired) electrons. The number of benzene rings is 2. The van der Waals surface area contributed by atoms with Crippen LogP contribution in [0.5, 0.6) is 0 Å². The molecule has 2 aromatic rings. The Balaban J connectivity index is 1.82. The Morgan fingerprint density at radius 2 is 1.91 bits per heavy atom. The topological polar surface area (TPSA) is 55.4 Å². The molecule has 0 heterocycles. The van der Waals surface area contributed by atoms with Gasteiger partial charge in [-0.05, 0) is 42.3 Å². The molecule has 0 unspecified atom stereocenters. The van der Waals surface area contributed by atoms with Crippen molar-refractivity contribution in [3.05, 3.63) is 70.2 Å². The van der Waals surface area contributed by atoms with Crippen LogP contribution in [0.15, 0.2) is 59.1 Å². The number of ether oxygens (including phenoxy) is 1. The maximum absolute atomic E-state index is 11.8. The summed E-state index contributed by atoms with van der Waals surface area (Å²) in [4.78, 5) is 23.4. The fourth-order valence-electron chi connectivity index (χ4n) is 1.87. The average Bonchev–Trinajstić information content (AvgIpc) is 2.54. The maximum Gasteiger partial charge on any atom is 0.331 e. The van der Waals surface area contributed by atoms with Gasteiger partial charge in [0, 0.05) is 16.2 Å². The molecule has 0 aliphatic carbocycles. The van der Waals surface area contributed by atoms with Crippen LogP contribution < -0.4 is 5.32 Å². The van der Waals surface area contributed by atoms with Gasteiger partial charge in [-0.2, -0.15) is 0 Å². The largest absolute Gasteiger partial charge is 0.452 e. The van der Waals surface area contributed by atoms with Crippen LogP contribution in [-0.2, 0) is 14.3 Å². The molecule has 1 N–H and O–H groups in total. The van der Waals surface area contributed by atoms with E-state index in [0.29, 0.717) is 5.69 Å². The van der Waals surface area contributed by atoms with Gasteiger partial charge in [-0.25, -0.2) is 4.79 Å². The van der Waals surface area contributed by atoms with Gasteiger partial charge in [0.25, 0.3) is 5.91 Å². The van der Waals surface area contributed by atoms with Crippen molar-refractivity contribution in [3.63, 3.8) is 0 Å². The number of nitrogens with one attached hydrogen (secondary N) is 1. The molecule has 2 rings (SSSR count). The lowest BCUT2D eigenvalue weighted by Crippen LogP contribution is -2.20. The Kier molecular flexibility index (Phi) is 6.11. The number of amides is 1. The van der Waals surface area contributed by atoms with Gasteiger partial charge in [-0.3, -0.25) is 4.79 Å². The predicted molar refractivity (Wildman–Crippen MR) is 93.9 cm³/mol. The molecule has 4 nitrogen and oxygen atoms in total. The first-order valence-electron chi connectivity index (χ1n) is 7.00. The lowest BCUT2D eigenvalue weighted by atomic mass is 10.2. The summed E-state index contributed by atoms with van der Waals surface area (Å²) in [6.07, 6.45) is 2.94. The second-order valence-corrected chi connectivity index (χ2v) is 5.77. The molecule has 2 aromatic carbocycles. The van der Waals surface area contributed by atoms with Gasteiger partial charge in [0.05, 0.1) is 0 Å². The third-order valence-electron chi connectivity index (χ3n) is 3.02. The van der Waals surface area contributed by atoms with Gasteiger partial charge in [0.1, 0.15) is 0 Å². The van der Waals surface area contributed by atoms with Crippen LogP contribution in [-0.4, -0.2) is 18.5 Å². The molecule has 0 aliphatic heterocycles. The zero-order chi connectivity index (χ0) is 16.7. The highest BCUT2D eigenvalue weighted by atomic mass is 79.9. The molecular weight excluding hydrogens is 358 g/mol. The van der Waals surface area contributed by atoms with Gasteiger partial charge in [-0.1, -0.05) is 46.3 Å². The fraction of sp³-hybridized carbons (Fsp3) is 0.111. The first kappa shape index (κ1) is 17.0. The molecule has 0 fully saturated rings. The van der Waals surface area contributed by atoms with E-state index >= 15 is 0 Å². The van der Waals surface area contributed by atoms with Crippen LogP contribution in [0.3, 0.4) is 0 Å². The van der Waals surface area contributed by atoms with Crippen molar-refractivity contribution in [2.45, 2.75) is 6.92 Å². The number of hydrogen-bond donors (Lipinski definition) is 1. The Hall–Kier alpha value is -2.40. The quantitative estimate of drug-likeness (QED) is 0.637. The molecule has 5 heteroatoms. The summed E-state index contributed by atoms with van der Waals surface area (Å²) < 4.78 is 5.85. The number of esters is 1. The van der Waals surface area contributed by atoms with E-state index < -0.39 is 5.97 Å². The third-order valence-corrected chi connectivity index (χ3v) is 3.51. The van der Waals surface area contributed by atoms with Gasteiger partial charge in [0.2, 0.25) is 0 Å². The molecule has 0 spiro atoms. The minimum atomic E-state index is -0.559. The lowest BCUT2D eigenvalue weighted by molar-refractivity contribution is -0.142. The van der Waals surface area contributed by atoms with E-state index in [9.17, 15) is 9.59 Å². The standard InChI is InChI=1S/C18H16BrNO3/c1-13-11-15(19)8-9-16(13)20-17(21)12-23-18(22)10-7-14-5-3-2-4-6-14/h2-11H,12H2,1H3,(H,20,21)/b10-7+. The molecule has 0 saturated heterocycles. The zero-order valence-electron chi connectivity index (χ0n) is 12.6. The summed E-state index contributed by atoms with van der Waals surface area (Å²) in [5.74, 6) is -0.937. The third kappa shape index (κ3) is 5.71. The fourth-order valence-corrected chi connectivity index (χ4v) is 2.34. The Bertz CT molecular complexity index is 726. The normalized spacial score (nSPS) is 10.5. The van der Waals surface area contributed by atoms with Crippen molar-refractivity contribution in [1.82, 2.24) is 0 Å². The van der Waals surface area contributed by atoms with Gasteiger partial charge < -0.3 is 10.1 Å². The first-order chi connectivity index (χ1) is 11.0. The van der Waals surface area contributed by atoms with E-state index in [1.807, 2.05) is 49.4 Å². The van der Waals surface area contributed by atoms with Crippen LogP contribution >= 0.6 is 15.9 Å². The average molecular weight is 374 g/mol. The number of carbonyl (C=O) groups excluding carboxylic acids is 2. The molecule has 0 aromatic heterocycles. The number of rotatable bonds is 5. The minimum absolute atomic E-state index is 0.326. The van der Waals surface area contributed by atoms with Crippen molar-refractivity contribution >= 4 is 39.6 Å². The minimum Gasteiger partial charge on any atom is -0.452 e. The summed E-state index contributed by atoms with van der Waals surface area (Å²) in [5.41, 5.74) is 2.50. The van der Waals surface area contributed by atoms with E-state index in [1.54, 1.807) is 12.1 Å². The SMILES string of the molecule is Cc1cc(Br)ccc1NC(=O)COC(=O)/C=C/c1ccccc1. The predicted octanol–water partition coefficient (Wildman–Crippen LogP) is 3.95. The molecule has 118 valence electrons. The van der Waals surface area contributed by atoms with E-state index in [-0.39, 0.29) is 12.5 Å². The molecule has 0 aliphatic rings. The number of halogens is 1. The highest BCUT2D eigenvalue weighted by Crippen LogP contribution is 2.19. The summed E-state index contributed by atoms with van der Waals surface area (Å²) in [6.45, 7) is 1.56. The highest BCUT2D eigenvalue weighted by Gasteiger charge is 2.07. The van der Waals surface area contributed by atoms with E-state index in [2.05, 4.69) is 21.2 Å². The van der Waals surface area contributed by atoms with Crippen molar-refractivity contribution in [1.29, 1.82) is 0 Å². The van der Waals surface area contributed by atoms with Crippen molar-refractivity contribution < 1.29 is 14.3 Å². The maximum atomic E-state index is 11.8. The molecule has 1 amide bonds. The lowest BCUT2D eigenvalue weighted by Gasteiger charge is -2.08. The summed E-state index contributed by atoms with van der Waals surface area (Å²) >= 11 is 3.36. The number of carbonyl (C=O) groups is 2. The van der Waals surface area contributed by atoms with E-state index in [0.717, 1.165) is 15.6 Å². The van der Waals surface area contributed by atoms with Crippen LogP contribution in [0.2, 0.25) is 0 Å². The highest BCUT2D eigenvalue weighted by molar-refractivity contribution is 9.10. The second-order valence-electron chi connectivity index (χ2n) is 4.86. The van der Waals surface area contributed by atoms with Crippen molar-refractivity contribution in [2.75, 3.05) is 11.9 Å². The van der Waals surface area contributed by atoms with Crippen LogP contribution in [0.4, 0.5) is 5.69 Å². The summed E-state index contributed by atoms with van der Waals surface area (Å²) in [6, 6.07) is 14.9. The number of hydrogen-bond acceptors (Lipinski definition) is 3. The smallest absolute Gasteiger partial charge is 0.331 e. The Labute approximate surface area is 143 Å². The molecule has 0 atom stereocenters. The van der Waals surface area contributed by atoms with Crippen LogP contribution in [0, 0.1) is 6.92 Å². The first-order valence-corrected chi connectivity index (χ1v) is 7.80. The van der Waals surface area contributed by atoms with Crippen molar-refractivity contribution in [2.24, 2.45) is 0 Å². The van der Waals surface area contributed by atoms with Gasteiger partial charge in [-0.15, -0.1) is 0 Å². The zero-order valence-corrected chi connectivity index (χ0v) is 14.2.